The summed E-state index contributed by atoms with van der Waals surface area (Å²) < 4.78 is 10.7. The van der Waals surface area contributed by atoms with Crippen LogP contribution in [0, 0.1) is 11.3 Å². The molecule has 0 atom stereocenters. The third-order valence-corrected chi connectivity index (χ3v) is 3.66. The summed E-state index contributed by atoms with van der Waals surface area (Å²) >= 11 is 0. The lowest BCUT2D eigenvalue weighted by Crippen LogP contribution is -2.37. The molecule has 114 valence electrons. The Bertz CT molecular complexity index is 479. The summed E-state index contributed by atoms with van der Waals surface area (Å²) in [7, 11) is 1.66. The molecular formula is C16H23N3O2. The fourth-order valence-corrected chi connectivity index (χ4v) is 2.46. The van der Waals surface area contributed by atoms with Gasteiger partial charge in [-0.1, -0.05) is 0 Å². The molecule has 5 heteroatoms. The molecule has 1 aliphatic heterocycles. The molecule has 0 bridgehead atoms. The van der Waals surface area contributed by atoms with Crippen molar-refractivity contribution in [1.82, 2.24) is 10.2 Å². The van der Waals surface area contributed by atoms with Crippen molar-refractivity contribution >= 4 is 0 Å². The zero-order chi connectivity index (χ0) is 14.9. The first kappa shape index (κ1) is 15.8. The Balaban J connectivity index is 1.71. The van der Waals surface area contributed by atoms with Crippen LogP contribution in [0.4, 0.5) is 0 Å². The quantitative estimate of drug-likeness (QED) is 0.769. The van der Waals surface area contributed by atoms with Crippen molar-refractivity contribution in [2.75, 3.05) is 46.5 Å². The van der Waals surface area contributed by atoms with Gasteiger partial charge in [0.05, 0.1) is 32.0 Å². The number of ether oxygens (including phenoxy) is 2. The predicted octanol–water partition coefficient (Wildman–Crippen LogP) is 1.38. The lowest BCUT2D eigenvalue weighted by molar-refractivity contribution is 0.0374. The van der Waals surface area contributed by atoms with E-state index in [-0.39, 0.29) is 0 Å². The largest absolute Gasteiger partial charge is 0.496 e. The normalized spacial score (nSPS) is 15.6. The van der Waals surface area contributed by atoms with E-state index in [1.807, 2.05) is 12.1 Å². The maximum Gasteiger partial charge on any atom is 0.123 e. The van der Waals surface area contributed by atoms with Crippen LogP contribution in [0.1, 0.15) is 17.5 Å². The molecule has 5 nitrogen and oxygen atoms in total. The highest BCUT2D eigenvalue weighted by Gasteiger charge is 2.09. The molecule has 1 heterocycles. The molecule has 1 aliphatic rings. The molecule has 1 N–H and O–H groups in total. The van der Waals surface area contributed by atoms with E-state index in [1.165, 1.54) is 0 Å². The average molecular weight is 289 g/mol. The minimum Gasteiger partial charge on any atom is -0.496 e. The summed E-state index contributed by atoms with van der Waals surface area (Å²) in [6.45, 7) is 6.57. The lowest BCUT2D eigenvalue weighted by atomic mass is 10.1. The molecule has 0 unspecified atom stereocenters. The van der Waals surface area contributed by atoms with Crippen LogP contribution in [0.15, 0.2) is 18.2 Å². The van der Waals surface area contributed by atoms with E-state index in [0.29, 0.717) is 5.56 Å². The molecule has 2 rings (SSSR count). The molecule has 1 saturated heterocycles. The Morgan fingerprint density at radius 1 is 1.38 bits per heavy atom. The maximum absolute atomic E-state index is 8.95. The molecule has 1 fully saturated rings. The second kappa shape index (κ2) is 8.63. The van der Waals surface area contributed by atoms with Crippen LogP contribution in [0.25, 0.3) is 0 Å². The van der Waals surface area contributed by atoms with Crippen LogP contribution in [-0.4, -0.2) is 51.4 Å². The topological polar surface area (TPSA) is 57.5 Å². The fourth-order valence-electron chi connectivity index (χ4n) is 2.46. The van der Waals surface area contributed by atoms with Gasteiger partial charge in [0.2, 0.25) is 0 Å². The standard InChI is InChI=1S/C16H23N3O2/c1-20-16-4-3-14(12-17)11-15(16)13-18-5-2-6-19-7-9-21-10-8-19/h3-4,11,18H,2,5-10,13H2,1H3. The van der Waals surface area contributed by atoms with Crippen molar-refractivity contribution in [3.63, 3.8) is 0 Å². The molecule has 0 aliphatic carbocycles. The van der Waals surface area contributed by atoms with Gasteiger partial charge in [0, 0.05) is 25.2 Å². The van der Waals surface area contributed by atoms with E-state index in [4.69, 9.17) is 14.7 Å². The lowest BCUT2D eigenvalue weighted by Gasteiger charge is -2.26. The highest BCUT2D eigenvalue weighted by Crippen LogP contribution is 2.19. The summed E-state index contributed by atoms with van der Waals surface area (Å²) in [5, 5.41) is 12.4. The highest BCUT2D eigenvalue weighted by molar-refractivity contribution is 5.41. The minimum absolute atomic E-state index is 0.668. The van der Waals surface area contributed by atoms with E-state index in [9.17, 15) is 0 Å². The number of hydrogen-bond donors (Lipinski definition) is 1. The van der Waals surface area contributed by atoms with Crippen molar-refractivity contribution in [3.05, 3.63) is 29.3 Å². The Labute approximate surface area is 126 Å². The summed E-state index contributed by atoms with van der Waals surface area (Å²) in [5.41, 5.74) is 1.70. The number of hydrogen-bond acceptors (Lipinski definition) is 5. The number of nitriles is 1. The Kier molecular flexibility index (Phi) is 6.48. The van der Waals surface area contributed by atoms with Crippen LogP contribution in [0.5, 0.6) is 5.75 Å². The van der Waals surface area contributed by atoms with Crippen LogP contribution >= 0.6 is 0 Å². The number of nitrogens with one attached hydrogen (secondary N) is 1. The first-order valence-electron chi connectivity index (χ1n) is 7.41. The first-order chi connectivity index (χ1) is 10.3. The Morgan fingerprint density at radius 3 is 2.90 bits per heavy atom. The summed E-state index contributed by atoms with van der Waals surface area (Å²) in [6, 6.07) is 7.67. The SMILES string of the molecule is COc1ccc(C#N)cc1CNCCCN1CCOCC1. The number of methoxy groups -OCH3 is 1. The predicted molar refractivity (Wildman–Crippen MR) is 81.3 cm³/mol. The smallest absolute Gasteiger partial charge is 0.123 e. The molecule has 1 aromatic carbocycles. The molecule has 0 spiro atoms. The highest BCUT2D eigenvalue weighted by atomic mass is 16.5. The van der Waals surface area contributed by atoms with E-state index >= 15 is 0 Å². The molecule has 0 saturated carbocycles. The number of morpholine rings is 1. The van der Waals surface area contributed by atoms with Crippen LogP contribution in [0.2, 0.25) is 0 Å². The summed E-state index contributed by atoms with van der Waals surface area (Å²) in [6.07, 6.45) is 1.11. The zero-order valence-corrected chi connectivity index (χ0v) is 12.6. The zero-order valence-electron chi connectivity index (χ0n) is 12.6. The van der Waals surface area contributed by atoms with Crippen molar-refractivity contribution in [2.24, 2.45) is 0 Å². The van der Waals surface area contributed by atoms with E-state index in [2.05, 4.69) is 16.3 Å². The van der Waals surface area contributed by atoms with Gasteiger partial charge in [0.25, 0.3) is 0 Å². The van der Waals surface area contributed by atoms with Gasteiger partial charge in [-0.15, -0.1) is 0 Å². The minimum atomic E-state index is 0.668. The maximum atomic E-state index is 8.95. The monoisotopic (exact) mass is 289 g/mol. The van der Waals surface area contributed by atoms with Crippen molar-refractivity contribution in [2.45, 2.75) is 13.0 Å². The van der Waals surface area contributed by atoms with Gasteiger partial charge in [0.1, 0.15) is 5.75 Å². The third-order valence-electron chi connectivity index (χ3n) is 3.66. The van der Waals surface area contributed by atoms with E-state index < -0.39 is 0 Å². The second-order valence-electron chi connectivity index (χ2n) is 5.12. The average Bonchev–Trinajstić information content (AvgIpc) is 2.55. The van der Waals surface area contributed by atoms with Gasteiger partial charge in [-0.2, -0.15) is 5.26 Å². The van der Waals surface area contributed by atoms with Crippen LogP contribution < -0.4 is 10.1 Å². The van der Waals surface area contributed by atoms with E-state index in [1.54, 1.807) is 13.2 Å². The van der Waals surface area contributed by atoms with E-state index in [0.717, 1.165) is 63.7 Å². The van der Waals surface area contributed by atoms with Crippen LogP contribution in [0.3, 0.4) is 0 Å². The Morgan fingerprint density at radius 2 is 2.19 bits per heavy atom. The van der Waals surface area contributed by atoms with Gasteiger partial charge in [-0.3, -0.25) is 4.90 Å². The number of rotatable bonds is 7. The molecule has 0 radical (unpaired) electrons. The van der Waals surface area contributed by atoms with Crippen molar-refractivity contribution in [3.8, 4) is 11.8 Å². The first-order valence-corrected chi connectivity index (χ1v) is 7.41. The molecule has 0 amide bonds. The molecule has 1 aromatic rings. The van der Waals surface area contributed by atoms with Gasteiger partial charge in [0.15, 0.2) is 0 Å². The summed E-state index contributed by atoms with van der Waals surface area (Å²) in [5.74, 6) is 0.828. The van der Waals surface area contributed by atoms with Gasteiger partial charge >= 0.3 is 0 Å². The fraction of sp³-hybridized carbons (Fsp3) is 0.562. The van der Waals surface area contributed by atoms with Gasteiger partial charge < -0.3 is 14.8 Å². The Hall–Kier alpha value is -1.61. The van der Waals surface area contributed by atoms with Gasteiger partial charge in [-0.05, 0) is 37.7 Å². The third kappa shape index (κ3) is 5.01. The van der Waals surface area contributed by atoms with Gasteiger partial charge in [-0.25, -0.2) is 0 Å². The molecular weight excluding hydrogens is 266 g/mol. The molecule has 0 aromatic heterocycles. The molecule has 21 heavy (non-hydrogen) atoms. The van der Waals surface area contributed by atoms with Crippen molar-refractivity contribution in [1.29, 1.82) is 5.26 Å². The second-order valence-corrected chi connectivity index (χ2v) is 5.12. The number of benzene rings is 1. The van der Waals surface area contributed by atoms with Crippen LogP contribution in [-0.2, 0) is 11.3 Å². The number of nitrogens with zero attached hydrogens (tertiary/aromatic N) is 2. The van der Waals surface area contributed by atoms with Crippen molar-refractivity contribution < 1.29 is 9.47 Å². The summed E-state index contributed by atoms with van der Waals surface area (Å²) in [4.78, 5) is 2.43.